The van der Waals surface area contributed by atoms with Crippen molar-refractivity contribution in [2.24, 2.45) is 0 Å². The summed E-state index contributed by atoms with van der Waals surface area (Å²) < 4.78 is 6.62. The van der Waals surface area contributed by atoms with E-state index in [0.29, 0.717) is 0 Å². The molecule has 4 aromatic carbocycles. The number of hydrogen-bond donors (Lipinski definition) is 0. The third-order valence-corrected chi connectivity index (χ3v) is 5.58. The molecule has 1 aromatic heterocycles. The molecule has 0 unspecified atom stereocenters. The monoisotopic (exact) mass is 391 g/mol. The van der Waals surface area contributed by atoms with Crippen molar-refractivity contribution in [2.45, 2.75) is 26.2 Å². The molecule has 0 fully saturated rings. The van der Waals surface area contributed by atoms with Crippen molar-refractivity contribution in [3.63, 3.8) is 0 Å². The van der Waals surface area contributed by atoms with Gasteiger partial charge >= 0.3 is 0 Å². The number of anilines is 3. The van der Waals surface area contributed by atoms with Gasteiger partial charge in [0.15, 0.2) is 5.58 Å². The van der Waals surface area contributed by atoms with Gasteiger partial charge in [0, 0.05) is 27.7 Å². The molecule has 2 nitrogen and oxygen atoms in total. The Balaban J connectivity index is 1.83. The zero-order valence-corrected chi connectivity index (χ0v) is 17.6. The van der Waals surface area contributed by atoms with Crippen LogP contribution in [0.5, 0.6) is 0 Å². The second kappa shape index (κ2) is 7.07. The van der Waals surface area contributed by atoms with Crippen molar-refractivity contribution in [3.8, 4) is 0 Å². The third kappa shape index (κ3) is 3.05. The maximum atomic E-state index is 6.62. The van der Waals surface area contributed by atoms with E-state index in [2.05, 4.69) is 111 Å². The van der Waals surface area contributed by atoms with Crippen LogP contribution in [0.3, 0.4) is 0 Å². The molecule has 0 saturated heterocycles. The van der Waals surface area contributed by atoms with Crippen LogP contribution >= 0.6 is 0 Å². The van der Waals surface area contributed by atoms with Gasteiger partial charge in [-0.25, -0.2) is 0 Å². The van der Waals surface area contributed by atoms with Gasteiger partial charge in [-0.15, -0.1) is 0 Å². The van der Waals surface area contributed by atoms with Gasteiger partial charge in [-0.3, -0.25) is 0 Å². The van der Waals surface area contributed by atoms with Crippen LogP contribution < -0.4 is 4.90 Å². The summed E-state index contributed by atoms with van der Waals surface area (Å²) in [6.45, 7) is 6.70. The standard InChI is InChI=1S/C28H25NO/c1-28(2,3)24-18-10-16-22-23-17-11-19-25(27(23)30-26(22)24)29(20-12-6-4-7-13-20)21-14-8-5-9-15-21/h4-19H,1-3H3. The van der Waals surface area contributed by atoms with Gasteiger partial charge in [-0.1, -0.05) is 87.5 Å². The quantitative estimate of drug-likeness (QED) is 0.307. The molecule has 0 spiro atoms. The minimum Gasteiger partial charge on any atom is -0.454 e. The summed E-state index contributed by atoms with van der Waals surface area (Å²) in [5.41, 5.74) is 6.38. The van der Waals surface area contributed by atoms with Gasteiger partial charge in [0.1, 0.15) is 5.58 Å². The molecular formula is C28H25NO. The Morgan fingerprint density at radius 3 is 1.67 bits per heavy atom. The van der Waals surface area contributed by atoms with Crippen LogP contribution in [0.15, 0.2) is 101 Å². The van der Waals surface area contributed by atoms with E-state index in [1.165, 1.54) is 10.9 Å². The Morgan fingerprint density at radius 1 is 0.567 bits per heavy atom. The van der Waals surface area contributed by atoms with E-state index in [1.54, 1.807) is 0 Å². The number of furan rings is 1. The van der Waals surface area contributed by atoms with Crippen LogP contribution in [0.1, 0.15) is 26.3 Å². The van der Waals surface area contributed by atoms with Crippen LogP contribution in [-0.4, -0.2) is 0 Å². The van der Waals surface area contributed by atoms with E-state index in [4.69, 9.17) is 4.42 Å². The van der Waals surface area contributed by atoms with E-state index < -0.39 is 0 Å². The molecule has 0 saturated carbocycles. The summed E-state index contributed by atoms with van der Waals surface area (Å²) >= 11 is 0. The molecule has 5 rings (SSSR count). The number of fused-ring (bicyclic) bond motifs is 3. The van der Waals surface area contributed by atoms with Crippen LogP contribution in [-0.2, 0) is 5.41 Å². The largest absolute Gasteiger partial charge is 0.454 e. The van der Waals surface area contributed by atoms with Crippen LogP contribution in [0.2, 0.25) is 0 Å². The molecule has 0 aliphatic heterocycles. The van der Waals surface area contributed by atoms with E-state index in [0.717, 1.165) is 33.6 Å². The van der Waals surface area contributed by atoms with E-state index in [1.807, 2.05) is 12.1 Å². The van der Waals surface area contributed by atoms with Gasteiger partial charge in [0.2, 0.25) is 0 Å². The average molecular weight is 392 g/mol. The summed E-state index contributed by atoms with van der Waals surface area (Å²) in [5.74, 6) is 0. The van der Waals surface area contributed by atoms with Crippen molar-refractivity contribution < 1.29 is 4.42 Å². The molecule has 0 N–H and O–H groups in total. The first-order chi connectivity index (χ1) is 14.5. The number of rotatable bonds is 3. The lowest BCUT2D eigenvalue weighted by atomic mass is 9.86. The molecule has 0 atom stereocenters. The summed E-state index contributed by atoms with van der Waals surface area (Å²) in [6, 6.07) is 33.8. The second-order valence-electron chi connectivity index (χ2n) is 8.69. The Kier molecular flexibility index (Phi) is 4.36. The maximum Gasteiger partial charge on any atom is 0.159 e. The Hall–Kier alpha value is -3.52. The predicted molar refractivity (Wildman–Crippen MR) is 127 cm³/mol. The van der Waals surface area contributed by atoms with Crippen molar-refractivity contribution in [2.75, 3.05) is 4.90 Å². The molecule has 30 heavy (non-hydrogen) atoms. The van der Waals surface area contributed by atoms with Gasteiger partial charge in [-0.2, -0.15) is 0 Å². The fourth-order valence-electron chi connectivity index (χ4n) is 4.15. The zero-order valence-electron chi connectivity index (χ0n) is 17.6. The van der Waals surface area contributed by atoms with Crippen LogP contribution in [0.25, 0.3) is 21.9 Å². The Labute approximate surface area is 177 Å². The highest BCUT2D eigenvalue weighted by Crippen LogP contribution is 2.43. The van der Waals surface area contributed by atoms with Gasteiger partial charge in [-0.05, 0) is 35.7 Å². The summed E-state index contributed by atoms with van der Waals surface area (Å²) in [5, 5.41) is 2.31. The first-order valence-electron chi connectivity index (χ1n) is 10.4. The Bertz CT molecular complexity index is 1270. The fourth-order valence-corrected chi connectivity index (χ4v) is 4.15. The first-order valence-corrected chi connectivity index (χ1v) is 10.4. The molecule has 2 heteroatoms. The number of nitrogens with zero attached hydrogens (tertiary/aromatic N) is 1. The van der Waals surface area contributed by atoms with Crippen molar-refractivity contribution in [1.82, 2.24) is 0 Å². The lowest BCUT2D eigenvalue weighted by Crippen LogP contribution is -2.11. The molecule has 0 radical (unpaired) electrons. The SMILES string of the molecule is CC(C)(C)c1cccc2c1oc1c(N(c3ccccc3)c3ccccc3)cccc12. The molecule has 148 valence electrons. The van der Waals surface area contributed by atoms with Gasteiger partial charge < -0.3 is 9.32 Å². The summed E-state index contributed by atoms with van der Waals surface area (Å²) in [6.07, 6.45) is 0. The van der Waals surface area contributed by atoms with Crippen LogP contribution in [0.4, 0.5) is 17.1 Å². The lowest BCUT2D eigenvalue weighted by molar-refractivity contribution is 0.573. The van der Waals surface area contributed by atoms with Crippen molar-refractivity contribution >= 4 is 39.0 Å². The fraction of sp³-hybridized carbons (Fsp3) is 0.143. The number of hydrogen-bond acceptors (Lipinski definition) is 2. The smallest absolute Gasteiger partial charge is 0.159 e. The molecule has 0 bridgehead atoms. The maximum absolute atomic E-state index is 6.62. The van der Waals surface area contributed by atoms with Crippen molar-refractivity contribution in [1.29, 1.82) is 0 Å². The minimum absolute atomic E-state index is 0.00605. The summed E-state index contributed by atoms with van der Waals surface area (Å²) in [7, 11) is 0. The highest BCUT2D eigenvalue weighted by molar-refractivity contribution is 6.11. The number of para-hydroxylation sites is 4. The average Bonchev–Trinajstić information content (AvgIpc) is 3.14. The Morgan fingerprint density at radius 2 is 1.10 bits per heavy atom. The molecule has 0 aliphatic carbocycles. The number of benzene rings is 4. The highest BCUT2D eigenvalue weighted by atomic mass is 16.3. The zero-order chi connectivity index (χ0) is 20.7. The third-order valence-electron chi connectivity index (χ3n) is 5.58. The molecule has 0 aliphatic rings. The van der Waals surface area contributed by atoms with E-state index >= 15 is 0 Å². The van der Waals surface area contributed by atoms with Crippen LogP contribution in [0, 0.1) is 0 Å². The van der Waals surface area contributed by atoms with Crippen molar-refractivity contribution in [3.05, 3.63) is 103 Å². The molecule has 1 heterocycles. The highest BCUT2D eigenvalue weighted by Gasteiger charge is 2.23. The topological polar surface area (TPSA) is 16.4 Å². The van der Waals surface area contributed by atoms with E-state index in [-0.39, 0.29) is 5.41 Å². The molecule has 5 aromatic rings. The molecular weight excluding hydrogens is 366 g/mol. The first kappa shape index (κ1) is 18.5. The normalized spacial score (nSPS) is 11.8. The second-order valence-corrected chi connectivity index (χ2v) is 8.69. The summed E-state index contributed by atoms with van der Waals surface area (Å²) in [4.78, 5) is 2.27. The lowest BCUT2D eigenvalue weighted by Gasteiger charge is -2.25. The van der Waals surface area contributed by atoms with E-state index in [9.17, 15) is 0 Å². The van der Waals surface area contributed by atoms with Gasteiger partial charge in [0.25, 0.3) is 0 Å². The van der Waals surface area contributed by atoms with Gasteiger partial charge in [0.05, 0.1) is 5.69 Å². The predicted octanol–water partition coefficient (Wildman–Crippen LogP) is 8.35. The minimum atomic E-state index is 0.00605. The molecule has 0 amide bonds.